The maximum Gasteiger partial charge on any atom is 0.264 e. The summed E-state index contributed by atoms with van der Waals surface area (Å²) >= 11 is 6.08. The molecular weight excluding hydrogens is 366 g/mol. The summed E-state index contributed by atoms with van der Waals surface area (Å²) in [5.41, 5.74) is 0.415. The number of hydrogen-bond donors (Lipinski definition) is 0. The molecule has 0 bridgehead atoms. The zero-order valence-corrected chi connectivity index (χ0v) is 16.0. The van der Waals surface area contributed by atoms with E-state index in [4.69, 9.17) is 25.8 Å². The number of hydrogen-bond acceptors (Lipinski definition) is 5. The fourth-order valence-corrected chi connectivity index (χ4v) is 4.23. The number of rotatable bonds is 7. The smallest absolute Gasteiger partial charge is 0.264 e. The molecule has 25 heavy (non-hydrogen) atoms. The molecule has 0 N–H and O–H groups in total. The first-order valence-electron chi connectivity index (χ1n) is 7.47. The van der Waals surface area contributed by atoms with Gasteiger partial charge in [-0.1, -0.05) is 11.6 Å². The van der Waals surface area contributed by atoms with E-state index in [0.29, 0.717) is 22.9 Å². The molecular formula is C17H20ClNO5S. The highest BCUT2D eigenvalue weighted by Crippen LogP contribution is 2.36. The lowest BCUT2D eigenvalue weighted by Gasteiger charge is -2.25. The Hall–Kier alpha value is -2.12. The zero-order valence-electron chi connectivity index (χ0n) is 14.4. The van der Waals surface area contributed by atoms with Gasteiger partial charge in [0.2, 0.25) is 0 Å². The van der Waals surface area contributed by atoms with Crippen molar-refractivity contribution in [3.63, 3.8) is 0 Å². The van der Waals surface area contributed by atoms with Gasteiger partial charge >= 0.3 is 0 Å². The summed E-state index contributed by atoms with van der Waals surface area (Å²) in [6, 6.07) is 9.30. The molecule has 0 aromatic heterocycles. The summed E-state index contributed by atoms with van der Waals surface area (Å²) in [5.74, 6) is 1.37. The number of anilines is 1. The van der Waals surface area contributed by atoms with E-state index in [1.807, 2.05) is 0 Å². The summed E-state index contributed by atoms with van der Waals surface area (Å²) in [7, 11) is 0.642. The van der Waals surface area contributed by atoms with Gasteiger partial charge in [0.1, 0.15) is 17.2 Å². The van der Waals surface area contributed by atoms with Gasteiger partial charge in [0, 0.05) is 12.6 Å². The summed E-state index contributed by atoms with van der Waals surface area (Å²) in [6.45, 7) is 1.96. The number of halogens is 1. The van der Waals surface area contributed by atoms with E-state index in [-0.39, 0.29) is 16.5 Å². The molecule has 0 fully saturated rings. The first-order chi connectivity index (χ1) is 11.9. The van der Waals surface area contributed by atoms with Gasteiger partial charge in [-0.2, -0.15) is 0 Å². The van der Waals surface area contributed by atoms with Crippen LogP contribution in [0.15, 0.2) is 41.3 Å². The highest BCUT2D eigenvalue weighted by atomic mass is 35.5. The minimum Gasteiger partial charge on any atom is -0.497 e. The predicted octanol–water partition coefficient (Wildman–Crippen LogP) is 3.58. The van der Waals surface area contributed by atoms with Crippen molar-refractivity contribution in [3.8, 4) is 17.2 Å². The van der Waals surface area contributed by atoms with Crippen molar-refractivity contribution in [3.05, 3.63) is 41.4 Å². The van der Waals surface area contributed by atoms with Gasteiger partial charge in [-0.25, -0.2) is 8.42 Å². The van der Waals surface area contributed by atoms with Gasteiger partial charge in [0.15, 0.2) is 0 Å². The van der Waals surface area contributed by atoms with Gasteiger partial charge in [-0.15, -0.1) is 0 Å². The van der Waals surface area contributed by atoms with Crippen LogP contribution in [-0.4, -0.2) is 36.3 Å². The molecule has 0 saturated carbocycles. The van der Waals surface area contributed by atoms with Gasteiger partial charge in [-0.05, 0) is 37.3 Å². The van der Waals surface area contributed by atoms with E-state index < -0.39 is 10.0 Å². The molecule has 0 atom stereocenters. The molecule has 0 unspecified atom stereocenters. The molecule has 0 aliphatic heterocycles. The molecule has 0 amide bonds. The second-order valence-electron chi connectivity index (χ2n) is 5.00. The summed E-state index contributed by atoms with van der Waals surface area (Å²) in [4.78, 5) is 0.0676. The fourth-order valence-electron chi connectivity index (χ4n) is 2.40. The van der Waals surface area contributed by atoms with Crippen LogP contribution in [0.3, 0.4) is 0 Å². The number of benzene rings is 2. The van der Waals surface area contributed by atoms with Crippen LogP contribution >= 0.6 is 11.6 Å². The van der Waals surface area contributed by atoms with Crippen LogP contribution in [0.4, 0.5) is 5.69 Å². The van der Waals surface area contributed by atoms with Gasteiger partial charge in [0.05, 0.1) is 36.9 Å². The second kappa shape index (κ2) is 7.84. The quantitative estimate of drug-likeness (QED) is 0.728. The Morgan fingerprint density at radius 3 is 2.16 bits per heavy atom. The highest BCUT2D eigenvalue weighted by Gasteiger charge is 2.27. The lowest BCUT2D eigenvalue weighted by atomic mass is 10.2. The van der Waals surface area contributed by atoms with Crippen molar-refractivity contribution in [1.82, 2.24) is 0 Å². The largest absolute Gasteiger partial charge is 0.497 e. The van der Waals surface area contributed by atoms with Crippen LogP contribution < -0.4 is 18.5 Å². The molecule has 0 spiro atoms. The Balaban J connectivity index is 2.54. The van der Waals surface area contributed by atoms with E-state index in [1.165, 1.54) is 43.8 Å². The monoisotopic (exact) mass is 385 g/mol. The number of ether oxygens (including phenoxy) is 3. The van der Waals surface area contributed by atoms with Crippen molar-refractivity contribution < 1.29 is 22.6 Å². The molecule has 0 aliphatic carbocycles. The van der Waals surface area contributed by atoms with E-state index in [1.54, 1.807) is 25.1 Å². The standard InChI is InChI=1S/C17H20ClNO5S/c1-5-19(15-8-6-12(22-2)10-17(15)24-4)25(20,21)13-7-9-16(23-3)14(18)11-13/h6-11H,5H2,1-4H3. The van der Waals surface area contributed by atoms with E-state index >= 15 is 0 Å². The SMILES string of the molecule is CCN(c1ccc(OC)cc1OC)S(=O)(=O)c1ccc(OC)c(Cl)c1. The Kier molecular flexibility index (Phi) is 6.02. The van der Waals surface area contributed by atoms with Crippen molar-refractivity contribution in [2.45, 2.75) is 11.8 Å². The molecule has 6 nitrogen and oxygen atoms in total. The van der Waals surface area contributed by atoms with E-state index in [2.05, 4.69) is 0 Å². The lowest BCUT2D eigenvalue weighted by molar-refractivity contribution is 0.395. The third-order valence-corrected chi connectivity index (χ3v) is 5.83. The predicted molar refractivity (Wildman–Crippen MR) is 97.8 cm³/mol. The Labute approximate surface area is 152 Å². The molecule has 2 rings (SSSR count). The normalized spacial score (nSPS) is 11.1. The van der Waals surface area contributed by atoms with Crippen LogP contribution in [0, 0.1) is 0 Å². The highest BCUT2D eigenvalue weighted by molar-refractivity contribution is 7.92. The van der Waals surface area contributed by atoms with Gasteiger partial charge in [-0.3, -0.25) is 4.31 Å². The van der Waals surface area contributed by atoms with Crippen molar-refractivity contribution in [1.29, 1.82) is 0 Å². The first kappa shape index (κ1) is 19.2. The lowest BCUT2D eigenvalue weighted by Crippen LogP contribution is -2.31. The Bertz CT molecular complexity index is 854. The Morgan fingerprint density at radius 1 is 0.960 bits per heavy atom. The van der Waals surface area contributed by atoms with Gasteiger partial charge in [0.25, 0.3) is 10.0 Å². The molecule has 8 heteroatoms. The van der Waals surface area contributed by atoms with Crippen LogP contribution in [-0.2, 0) is 10.0 Å². The van der Waals surface area contributed by atoms with E-state index in [0.717, 1.165) is 0 Å². The molecule has 0 radical (unpaired) electrons. The average molecular weight is 386 g/mol. The van der Waals surface area contributed by atoms with Crippen molar-refractivity contribution in [2.75, 3.05) is 32.2 Å². The number of nitrogens with zero attached hydrogens (tertiary/aromatic N) is 1. The maximum absolute atomic E-state index is 13.1. The third-order valence-electron chi connectivity index (χ3n) is 3.65. The summed E-state index contributed by atoms with van der Waals surface area (Å²) in [6.07, 6.45) is 0. The molecule has 2 aromatic rings. The van der Waals surface area contributed by atoms with Crippen molar-refractivity contribution >= 4 is 27.3 Å². The average Bonchev–Trinajstić information content (AvgIpc) is 2.62. The fraction of sp³-hybridized carbons (Fsp3) is 0.294. The summed E-state index contributed by atoms with van der Waals surface area (Å²) < 4.78 is 43.0. The van der Waals surface area contributed by atoms with Crippen LogP contribution in [0.2, 0.25) is 5.02 Å². The van der Waals surface area contributed by atoms with Crippen molar-refractivity contribution in [2.24, 2.45) is 0 Å². The van der Waals surface area contributed by atoms with E-state index in [9.17, 15) is 8.42 Å². The zero-order chi connectivity index (χ0) is 18.6. The first-order valence-corrected chi connectivity index (χ1v) is 9.29. The van der Waals surface area contributed by atoms with Crippen LogP contribution in [0.1, 0.15) is 6.92 Å². The minimum absolute atomic E-state index is 0.0676. The molecule has 0 aliphatic rings. The molecule has 136 valence electrons. The second-order valence-corrected chi connectivity index (χ2v) is 7.27. The van der Waals surface area contributed by atoms with Gasteiger partial charge < -0.3 is 14.2 Å². The molecule has 0 saturated heterocycles. The maximum atomic E-state index is 13.1. The minimum atomic E-state index is -3.83. The topological polar surface area (TPSA) is 65.1 Å². The Morgan fingerprint density at radius 2 is 1.64 bits per heavy atom. The number of methoxy groups -OCH3 is 3. The summed E-state index contributed by atoms with van der Waals surface area (Å²) in [5, 5.41) is 0.223. The molecule has 2 aromatic carbocycles. The van der Waals surface area contributed by atoms with Crippen LogP contribution in [0.5, 0.6) is 17.2 Å². The van der Waals surface area contributed by atoms with Crippen LogP contribution in [0.25, 0.3) is 0 Å². The third kappa shape index (κ3) is 3.77. The number of sulfonamides is 1. The molecule has 0 heterocycles.